The summed E-state index contributed by atoms with van der Waals surface area (Å²) in [5.41, 5.74) is -0.149. The number of carbonyl (C=O) groups excluding carboxylic acids is 3. The molecular weight excluding hydrogens is 693 g/mol. The average molecular weight is 735 g/mol. The summed E-state index contributed by atoms with van der Waals surface area (Å²) in [6.45, 7) is 1.97. The van der Waals surface area contributed by atoms with Gasteiger partial charge in [0.25, 0.3) is 11.8 Å². The van der Waals surface area contributed by atoms with E-state index in [4.69, 9.17) is 14.2 Å². The summed E-state index contributed by atoms with van der Waals surface area (Å²) >= 11 is 0. The molecule has 0 aliphatic carbocycles. The van der Waals surface area contributed by atoms with Crippen molar-refractivity contribution >= 4 is 23.8 Å². The van der Waals surface area contributed by atoms with Crippen LogP contribution in [0.1, 0.15) is 86.8 Å². The molecule has 280 valence electrons. The van der Waals surface area contributed by atoms with Crippen LogP contribution < -0.4 is 19.5 Å². The number of methoxy groups -OCH3 is 1. The van der Waals surface area contributed by atoms with Crippen molar-refractivity contribution in [3.8, 4) is 17.2 Å². The number of benzene rings is 4. The van der Waals surface area contributed by atoms with Crippen LogP contribution in [0.3, 0.4) is 0 Å². The van der Waals surface area contributed by atoms with Crippen LogP contribution in [0, 0.1) is 0 Å². The van der Waals surface area contributed by atoms with E-state index in [-0.39, 0.29) is 30.2 Å². The van der Waals surface area contributed by atoms with Gasteiger partial charge < -0.3 is 29.5 Å². The van der Waals surface area contributed by atoms with Crippen molar-refractivity contribution in [3.63, 3.8) is 0 Å². The van der Waals surface area contributed by atoms with Gasteiger partial charge in [-0.2, -0.15) is 13.2 Å². The summed E-state index contributed by atoms with van der Waals surface area (Å²) in [4.78, 5) is 51.4. The van der Waals surface area contributed by atoms with E-state index in [9.17, 15) is 37.5 Å². The molecule has 0 saturated heterocycles. The van der Waals surface area contributed by atoms with E-state index in [1.807, 2.05) is 0 Å². The van der Waals surface area contributed by atoms with Crippen molar-refractivity contribution in [2.24, 2.45) is 0 Å². The molecule has 0 heterocycles. The second-order valence-electron chi connectivity index (χ2n) is 12.2. The van der Waals surface area contributed by atoms with Crippen LogP contribution in [0.2, 0.25) is 0 Å². The summed E-state index contributed by atoms with van der Waals surface area (Å²) in [5, 5.41) is 11.9. The summed E-state index contributed by atoms with van der Waals surface area (Å²) in [6.07, 6.45) is 0.866. The number of alkyl halides is 3. The number of amides is 2. The Morgan fingerprint density at radius 3 is 1.98 bits per heavy atom. The number of aliphatic carboxylic acids is 1. The van der Waals surface area contributed by atoms with Gasteiger partial charge >= 0.3 is 18.1 Å². The Balaban J connectivity index is 1.32. The van der Waals surface area contributed by atoms with Gasteiger partial charge in [-0.25, -0.2) is 4.79 Å². The first-order valence-electron chi connectivity index (χ1n) is 17.0. The Kier molecular flexibility index (Phi) is 14.4. The van der Waals surface area contributed by atoms with E-state index >= 15 is 0 Å². The normalized spacial score (nSPS) is 11.0. The zero-order valence-corrected chi connectivity index (χ0v) is 29.4. The number of rotatable bonds is 18. The maximum Gasteiger partial charge on any atom is 0.417 e. The average Bonchev–Trinajstić information content (AvgIpc) is 3.15. The molecule has 53 heavy (non-hydrogen) atoms. The highest BCUT2D eigenvalue weighted by molar-refractivity contribution is 5.97. The van der Waals surface area contributed by atoms with Gasteiger partial charge in [-0.3, -0.25) is 14.4 Å². The molecule has 0 saturated carbocycles. The number of hydrogen-bond donors (Lipinski definition) is 2. The number of nitrogens with one attached hydrogen (secondary N) is 1. The minimum absolute atomic E-state index is 0.0455. The largest absolute Gasteiger partial charge is 0.497 e. The second kappa shape index (κ2) is 19.1. The molecule has 4 rings (SSSR count). The van der Waals surface area contributed by atoms with Crippen molar-refractivity contribution in [1.29, 1.82) is 0 Å². The third-order valence-corrected chi connectivity index (χ3v) is 8.16. The number of ether oxygens (including phenoxy) is 3. The second-order valence-corrected chi connectivity index (χ2v) is 12.2. The zero-order valence-electron chi connectivity index (χ0n) is 29.4. The fraction of sp³-hybridized carbons (Fsp3) is 0.300. The number of halogens is 3. The third-order valence-electron chi connectivity index (χ3n) is 8.16. The van der Waals surface area contributed by atoms with Gasteiger partial charge in [0.2, 0.25) is 0 Å². The van der Waals surface area contributed by atoms with Crippen molar-refractivity contribution in [3.05, 3.63) is 124 Å². The lowest BCUT2D eigenvalue weighted by Gasteiger charge is -2.21. The van der Waals surface area contributed by atoms with Crippen LogP contribution in [-0.4, -0.2) is 54.0 Å². The van der Waals surface area contributed by atoms with Gasteiger partial charge in [-0.15, -0.1) is 0 Å². The molecule has 0 fully saturated rings. The van der Waals surface area contributed by atoms with Gasteiger partial charge in [0.15, 0.2) is 0 Å². The lowest BCUT2D eigenvalue weighted by molar-refractivity contribution is -0.138. The lowest BCUT2D eigenvalue weighted by atomic mass is 10.1. The molecule has 0 spiro atoms. The molecule has 4 aromatic carbocycles. The van der Waals surface area contributed by atoms with Crippen molar-refractivity contribution in [2.75, 3.05) is 20.3 Å². The Bertz CT molecular complexity index is 1840. The van der Waals surface area contributed by atoms with Gasteiger partial charge in [-0.1, -0.05) is 56.9 Å². The first kappa shape index (κ1) is 39.9. The Labute approximate surface area is 305 Å². The van der Waals surface area contributed by atoms with E-state index in [1.54, 1.807) is 48.5 Å². The molecule has 0 aliphatic heterocycles. The number of hydrogen-bond acceptors (Lipinski definition) is 7. The molecule has 4 aromatic rings. The number of carboxylic acids is 1. The molecule has 2 amide bonds. The molecule has 10 nitrogen and oxygen atoms in total. The van der Waals surface area contributed by atoms with Crippen LogP contribution in [0.15, 0.2) is 91.0 Å². The van der Waals surface area contributed by atoms with E-state index in [1.165, 1.54) is 56.7 Å². The van der Waals surface area contributed by atoms with Gasteiger partial charge in [0, 0.05) is 18.7 Å². The van der Waals surface area contributed by atoms with E-state index in [2.05, 4.69) is 12.2 Å². The molecule has 0 unspecified atom stereocenters. The predicted octanol–water partition coefficient (Wildman–Crippen LogP) is 7.94. The summed E-state index contributed by atoms with van der Waals surface area (Å²) < 4.78 is 56.7. The van der Waals surface area contributed by atoms with Crippen LogP contribution in [-0.2, 0) is 24.1 Å². The quantitative estimate of drug-likeness (QED) is 0.0599. The first-order valence-corrected chi connectivity index (χ1v) is 17.0. The van der Waals surface area contributed by atoms with Gasteiger partial charge in [-0.05, 0) is 84.3 Å². The highest BCUT2D eigenvalue weighted by Gasteiger charge is 2.35. The van der Waals surface area contributed by atoms with Crippen LogP contribution in [0.5, 0.6) is 17.2 Å². The molecule has 0 radical (unpaired) electrons. The van der Waals surface area contributed by atoms with Crippen molar-refractivity contribution in [1.82, 2.24) is 10.2 Å². The predicted molar refractivity (Wildman–Crippen MR) is 190 cm³/mol. The molecule has 0 aromatic heterocycles. The summed E-state index contributed by atoms with van der Waals surface area (Å²) in [6, 6.07) is 21.9. The highest BCUT2D eigenvalue weighted by atomic mass is 19.4. The minimum atomic E-state index is -4.78. The number of carbonyl (C=O) groups is 4. The molecular formula is C40H41F3N2O8. The van der Waals surface area contributed by atoms with Crippen molar-refractivity contribution in [2.45, 2.75) is 58.3 Å². The zero-order chi connectivity index (χ0) is 38.4. The van der Waals surface area contributed by atoms with Crippen LogP contribution in [0.25, 0.3) is 0 Å². The number of unbranched alkanes of at least 4 members (excludes halogenated alkanes) is 4. The molecule has 2 N–H and O–H groups in total. The van der Waals surface area contributed by atoms with Gasteiger partial charge in [0.1, 0.15) is 23.8 Å². The van der Waals surface area contributed by atoms with E-state index in [0.29, 0.717) is 29.0 Å². The fourth-order valence-corrected chi connectivity index (χ4v) is 5.30. The number of nitrogens with zero attached hydrogens (tertiary/aromatic N) is 1. The van der Waals surface area contributed by atoms with E-state index in [0.717, 1.165) is 29.9 Å². The molecule has 0 aliphatic rings. The summed E-state index contributed by atoms with van der Waals surface area (Å²) in [7, 11) is 1.22. The first-order chi connectivity index (χ1) is 25.4. The Morgan fingerprint density at radius 2 is 1.36 bits per heavy atom. The molecule has 0 bridgehead atoms. The monoisotopic (exact) mass is 734 g/mol. The highest BCUT2D eigenvalue weighted by Crippen LogP contribution is 2.34. The number of carboxylic acid groups (broad SMARTS) is 1. The lowest BCUT2D eigenvalue weighted by Crippen LogP contribution is -2.35. The van der Waals surface area contributed by atoms with E-state index < -0.39 is 47.6 Å². The Morgan fingerprint density at radius 1 is 0.755 bits per heavy atom. The van der Waals surface area contributed by atoms with Crippen LogP contribution >= 0.6 is 0 Å². The smallest absolute Gasteiger partial charge is 0.417 e. The minimum Gasteiger partial charge on any atom is -0.497 e. The van der Waals surface area contributed by atoms with Gasteiger partial charge in [0.05, 0.1) is 30.4 Å². The maximum atomic E-state index is 13.5. The fourth-order valence-electron chi connectivity index (χ4n) is 5.30. The number of esters is 1. The standard InChI is InChI=1S/C40H41F3N2O8/c1-3-4-5-6-7-22-52-31-18-14-30(15-19-31)39(50)53-32-16-10-28(11-17-32)25-45(26-36(46)47)38(49)29-12-8-27(9-13-29)24-44-37(48)34-21-20-33(51-2)23-35(34)40(41,42)43/h8-21,23H,3-7,22,24-26H2,1-2H3,(H,44,48)(H,46,47). The molecule has 13 heteroatoms. The van der Waals surface area contributed by atoms with Crippen LogP contribution in [0.4, 0.5) is 13.2 Å². The SMILES string of the molecule is CCCCCCCOc1ccc(C(=O)Oc2ccc(CN(CC(=O)O)C(=O)c3ccc(CNC(=O)c4ccc(OC)cc4C(F)(F)F)cc3)cc2)cc1. The van der Waals surface area contributed by atoms with Crippen molar-refractivity contribution < 1.29 is 51.7 Å². The summed E-state index contributed by atoms with van der Waals surface area (Å²) in [5.74, 6) is -2.46. The maximum absolute atomic E-state index is 13.5. The molecule has 0 atom stereocenters. The third kappa shape index (κ3) is 12.1. The Hall–Kier alpha value is -5.85. The topological polar surface area (TPSA) is 131 Å².